The van der Waals surface area contributed by atoms with Gasteiger partial charge in [0.25, 0.3) is 5.91 Å². The molecule has 2 heterocycles. The Labute approximate surface area is 180 Å². The van der Waals surface area contributed by atoms with Crippen LogP contribution >= 0.6 is 11.8 Å². The summed E-state index contributed by atoms with van der Waals surface area (Å²) >= 11 is -0.426. The minimum atomic E-state index is -4.54. The molecule has 6 nitrogen and oxygen atoms in total. The second-order valence-electron chi connectivity index (χ2n) is 6.07. The van der Waals surface area contributed by atoms with E-state index < -0.39 is 28.2 Å². The Morgan fingerprint density at radius 1 is 1.06 bits per heavy atom. The smallest absolute Gasteiger partial charge is 0.447 e. The first-order valence-electron chi connectivity index (χ1n) is 9.19. The molecule has 0 unspecified atom stereocenters. The van der Waals surface area contributed by atoms with Gasteiger partial charge in [-0.25, -0.2) is 9.97 Å². The maximum atomic E-state index is 12.7. The summed E-state index contributed by atoms with van der Waals surface area (Å²) in [4.78, 5) is 20.2. The highest BCUT2D eigenvalue weighted by molar-refractivity contribution is 8.00. The van der Waals surface area contributed by atoms with Crippen LogP contribution in [-0.4, -0.2) is 28.0 Å². The number of nitrogens with one attached hydrogen (secondary N) is 1. The number of hydrogen-bond acceptors (Lipinski definition) is 6. The number of halogens is 3. The molecule has 1 aromatic carbocycles. The molecule has 1 amide bonds. The van der Waals surface area contributed by atoms with Gasteiger partial charge < -0.3 is 14.8 Å². The van der Waals surface area contributed by atoms with Gasteiger partial charge in [0.1, 0.15) is 5.03 Å². The lowest BCUT2D eigenvalue weighted by molar-refractivity contribution is -0.0329. The zero-order valence-electron chi connectivity index (χ0n) is 16.3. The molecule has 3 rings (SSSR count). The second-order valence-corrected chi connectivity index (χ2v) is 7.13. The van der Waals surface area contributed by atoms with E-state index in [1.165, 1.54) is 24.5 Å². The summed E-state index contributed by atoms with van der Waals surface area (Å²) in [7, 11) is 0. The Kier molecular flexibility index (Phi) is 7.35. The highest BCUT2D eigenvalue weighted by Crippen LogP contribution is 2.37. The fourth-order valence-electron chi connectivity index (χ4n) is 2.53. The van der Waals surface area contributed by atoms with Crippen LogP contribution in [0.15, 0.2) is 66.0 Å². The molecule has 162 valence electrons. The summed E-state index contributed by atoms with van der Waals surface area (Å²) in [5.41, 5.74) is -4.04. The van der Waals surface area contributed by atoms with E-state index in [9.17, 15) is 18.0 Å². The Hall–Kier alpha value is -3.27. The Balaban J connectivity index is 1.62. The van der Waals surface area contributed by atoms with Crippen molar-refractivity contribution >= 4 is 17.7 Å². The average Bonchev–Trinajstić information content (AvgIpc) is 2.74. The van der Waals surface area contributed by atoms with Gasteiger partial charge in [-0.05, 0) is 36.8 Å². The van der Waals surface area contributed by atoms with Gasteiger partial charge >= 0.3 is 5.51 Å². The second kappa shape index (κ2) is 10.2. The van der Waals surface area contributed by atoms with Crippen LogP contribution in [0.3, 0.4) is 0 Å². The fraction of sp³-hybridized carbons (Fsp3) is 0.190. The zero-order valence-corrected chi connectivity index (χ0v) is 17.2. The fourth-order valence-corrected chi connectivity index (χ4v) is 3.13. The number of ether oxygens (including phenoxy) is 2. The van der Waals surface area contributed by atoms with Crippen molar-refractivity contribution in [3.8, 4) is 17.4 Å². The first kappa shape index (κ1) is 22.4. The van der Waals surface area contributed by atoms with Gasteiger partial charge in [-0.1, -0.05) is 18.2 Å². The first-order valence-corrected chi connectivity index (χ1v) is 10.0. The maximum Gasteiger partial charge on any atom is 0.447 e. The molecule has 0 fully saturated rings. The number of carbonyl (C=O) groups excluding carboxylic acids is 1. The van der Waals surface area contributed by atoms with E-state index in [4.69, 9.17) is 9.47 Å². The Morgan fingerprint density at radius 3 is 2.52 bits per heavy atom. The third kappa shape index (κ3) is 6.61. The number of rotatable bonds is 8. The van der Waals surface area contributed by atoms with Crippen molar-refractivity contribution in [2.75, 3.05) is 6.61 Å². The van der Waals surface area contributed by atoms with Gasteiger partial charge in [-0.3, -0.25) is 4.79 Å². The molecule has 0 spiro atoms. The topological polar surface area (TPSA) is 73.3 Å². The van der Waals surface area contributed by atoms with E-state index in [1.54, 1.807) is 24.3 Å². The highest BCUT2D eigenvalue weighted by Gasteiger charge is 2.32. The molecule has 2 aromatic heterocycles. The lowest BCUT2D eigenvalue weighted by Gasteiger charge is -2.11. The number of hydrogen-bond donors (Lipinski definition) is 1. The summed E-state index contributed by atoms with van der Waals surface area (Å²) in [6, 6.07) is 13.2. The molecular weight excluding hydrogens is 431 g/mol. The van der Waals surface area contributed by atoms with Crippen LogP contribution in [0.1, 0.15) is 22.8 Å². The predicted octanol–water partition coefficient (Wildman–Crippen LogP) is 5.21. The lowest BCUT2D eigenvalue weighted by Crippen LogP contribution is -2.24. The first-order chi connectivity index (χ1) is 14.9. The summed E-state index contributed by atoms with van der Waals surface area (Å²) in [5, 5.41) is 2.18. The average molecular weight is 449 g/mol. The van der Waals surface area contributed by atoms with Gasteiger partial charge in [0.15, 0.2) is 11.5 Å². The van der Waals surface area contributed by atoms with Crippen molar-refractivity contribution in [2.24, 2.45) is 0 Å². The summed E-state index contributed by atoms with van der Waals surface area (Å²) < 4.78 is 49.2. The van der Waals surface area contributed by atoms with Crippen molar-refractivity contribution in [2.45, 2.75) is 24.0 Å². The lowest BCUT2D eigenvalue weighted by atomic mass is 10.2. The number of amides is 1. The van der Waals surface area contributed by atoms with Crippen LogP contribution in [0, 0.1) is 0 Å². The van der Waals surface area contributed by atoms with Gasteiger partial charge in [0, 0.05) is 36.8 Å². The molecule has 1 N–H and O–H groups in total. The number of para-hydroxylation sites is 2. The van der Waals surface area contributed by atoms with Gasteiger partial charge in [0.2, 0.25) is 5.88 Å². The molecule has 0 radical (unpaired) electrons. The number of nitrogens with zero attached hydrogens (tertiary/aromatic N) is 2. The minimum Gasteiger partial charge on any atom is -0.490 e. The van der Waals surface area contributed by atoms with Crippen LogP contribution in [0.2, 0.25) is 0 Å². The highest BCUT2D eigenvalue weighted by atomic mass is 32.2. The third-order valence-corrected chi connectivity index (χ3v) is 4.59. The van der Waals surface area contributed by atoms with Crippen molar-refractivity contribution in [1.82, 2.24) is 15.3 Å². The monoisotopic (exact) mass is 449 g/mol. The normalized spacial score (nSPS) is 11.1. The van der Waals surface area contributed by atoms with Crippen molar-refractivity contribution in [3.05, 3.63) is 72.1 Å². The van der Waals surface area contributed by atoms with E-state index in [1.807, 2.05) is 19.1 Å². The van der Waals surface area contributed by atoms with E-state index in [2.05, 4.69) is 15.3 Å². The maximum absolute atomic E-state index is 12.7. The predicted molar refractivity (Wildman–Crippen MR) is 109 cm³/mol. The molecule has 31 heavy (non-hydrogen) atoms. The number of benzene rings is 1. The molecular formula is C21H18F3N3O3S. The molecule has 3 aromatic rings. The Morgan fingerprint density at radius 2 is 1.84 bits per heavy atom. The minimum absolute atomic E-state index is 0.0761. The van der Waals surface area contributed by atoms with E-state index in [0.717, 1.165) is 0 Å². The molecule has 0 saturated heterocycles. The van der Waals surface area contributed by atoms with Crippen molar-refractivity contribution < 1.29 is 27.4 Å². The molecule has 0 aliphatic rings. The summed E-state index contributed by atoms with van der Waals surface area (Å²) in [5.74, 6) is 0.778. The quantitative estimate of drug-likeness (QED) is 0.476. The number of pyridine rings is 2. The molecule has 0 saturated carbocycles. The largest absolute Gasteiger partial charge is 0.490 e. The van der Waals surface area contributed by atoms with Crippen LogP contribution in [0.4, 0.5) is 13.2 Å². The third-order valence-electron chi connectivity index (χ3n) is 3.84. The van der Waals surface area contributed by atoms with Crippen molar-refractivity contribution in [1.29, 1.82) is 0 Å². The molecule has 0 aliphatic heterocycles. The number of carbonyl (C=O) groups is 1. The summed E-state index contributed by atoms with van der Waals surface area (Å²) in [6.45, 7) is 2.44. The van der Waals surface area contributed by atoms with Crippen LogP contribution in [-0.2, 0) is 6.54 Å². The van der Waals surface area contributed by atoms with Gasteiger partial charge in [0.05, 0.1) is 12.2 Å². The summed E-state index contributed by atoms with van der Waals surface area (Å²) in [6.07, 6.45) is 2.71. The SMILES string of the molecule is CCOc1ccccc1Oc1ccc(CNC(=O)c2cccnc2SC(F)(F)F)cn1. The van der Waals surface area contributed by atoms with Crippen LogP contribution in [0.25, 0.3) is 0 Å². The van der Waals surface area contributed by atoms with Gasteiger partial charge in [-0.15, -0.1) is 0 Å². The van der Waals surface area contributed by atoms with E-state index in [-0.39, 0.29) is 12.1 Å². The molecule has 0 aliphatic carbocycles. The molecule has 0 atom stereocenters. The number of aromatic nitrogens is 2. The van der Waals surface area contributed by atoms with E-state index in [0.29, 0.717) is 29.5 Å². The van der Waals surface area contributed by atoms with Crippen LogP contribution < -0.4 is 14.8 Å². The van der Waals surface area contributed by atoms with E-state index >= 15 is 0 Å². The van der Waals surface area contributed by atoms with Crippen molar-refractivity contribution in [3.63, 3.8) is 0 Å². The number of thioether (sulfide) groups is 1. The Bertz CT molecular complexity index is 1030. The molecule has 10 heteroatoms. The standard InChI is InChI=1S/C21H18F3N3O3S/c1-2-29-16-7-3-4-8-17(16)30-18-10-9-14(12-26-18)13-27-19(28)15-6-5-11-25-20(15)31-21(22,23)24/h3-12H,2,13H2,1H3,(H,27,28). The zero-order chi connectivity index (χ0) is 22.3. The van der Waals surface area contributed by atoms with Crippen LogP contribution in [0.5, 0.6) is 17.4 Å². The molecule has 0 bridgehead atoms. The van der Waals surface area contributed by atoms with Gasteiger partial charge in [-0.2, -0.15) is 13.2 Å². The number of alkyl halides is 3.